The van der Waals surface area contributed by atoms with E-state index in [0.717, 1.165) is 17.8 Å². The van der Waals surface area contributed by atoms with Crippen LogP contribution in [-0.4, -0.2) is 22.6 Å². The molecule has 0 aliphatic carbocycles. The molecule has 0 aliphatic rings. The smallest absolute Gasteiger partial charge is 0.303 e. The van der Waals surface area contributed by atoms with Gasteiger partial charge in [-0.1, -0.05) is 13.3 Å². The number of pyridine rings is 1. The standard InChI is InChI=1S/C12H18N2O2/c1-3-10(7-12(15)16)8-14-11-4-5-13-9(2)6-11/h4-6,10H,3,7-8H2,1-2H3,(H,13,14)(H,15,16). The fourth-order valence-corrected chi connectivity index (χ4v) is 1.53. The van der Waals surface area contributed by atoms with Crippen molar-refractivity contribution in [1.82, 2.24) is 4.98 Å². The van der Waals surface area contributed by atoms with Crippen LogP contribution in [-0.2, 0) is 4.79 Å². The lowest BCUT2D eigenvalue weighted by Crippen LogP contribution is -2.17. The first kappa shape index (κ1) is 12.5. The van der Waals surface area contributed by atoms with Crippen molar-refractivity contribution in [3.63, 3.8) is 0 Å². The maximum atomic E-state index is 10.6. The Kier molecular flexibility index (Phi) is 4.76. The summed E-state index contributed by atoms with van der Waals surface area (Å²) in [6, 6.07) is 3.84. The van der Waals surface area contributed by atoms with E-state index in [1.165, 1.54) is 0 Å². The normalized spacial score (nSPS) is 12.1. The van der Waals surface area contributed by atoms with E-state index in [0.29, 0.717) is 6.54 Å². The molecule has 1 rings (SSSR count). The SMILES string of the molecule is CCC(CNc1ccnc(C)c1)CC(=O)O. The minimum atomic E-state index is -0.737. The van der Waals surface area contributed by atoms with Crippen LogP contribution in [0.2, 0.25) is 0 Å². The molecule has 4 nitrogen and oxygen atoms in total. The summed E-state index contributed by atoms with van der Waals surface area (Å²) >= 11 is 0. The topological polar surface area (TPSA) is 62.2 Å². The van der Waals surface area contributed by atoms with Gasteiger partial charge >= 0.3 is 5.97 Å². The Morgan fingerprint density at radius 2 is 2.38 bits per heavy atom. The van der Waals surface area contributed by atoms with Gasteiger partial charge in [0.05, 0.1) is 0 Å². The molecule has 0 spiro atoms. The number of nitrogens with one attached hydrogen (secondary N) is 1. The molecule has 1 unspecified atom stereocenters. The molecule has 4 heteroatoms. The van der Waals surface area contributed by atoms with Gasteiger partial charge in [-0.25, -0.2) is 0 Å². The first-order chi connectivity index (χ1) is 7.61. The molecular weight excluding hydrogens is 204 g/mol. The van der Waals surface area contributed by atoms with Gasteiger partial charge in [0.2, 0.25) is 0 Å². The third kappa shape index (κ3) is 4.29. The number of aliphatic carboxylic acids is 1. The van der Waals surface area contributed by atoms with Crippen LogP contribution in [0.4, 0.5) is 5.69 Å². The zero-order valence-corrected chi connectivity index (χ0v) is 9.73. The van der Waals surface area contributed by atoms with Crippen molar-refractivity contribution in [1.29, 1.82) is 0 Å². The van der Waals surface area contributed by atoms with Gasteiger partial charge in [0.1, 0.15) is 0 Å². The van der Waals surface area contributed by atoms with Crippen LogP contribution >= 0.6 is 0 Å². The number of nitrogens with zero attached hydrogens (tertiary/aromatic N) is 1. The fourth-order valence-electron chi connectivity index (χ4n) is 1.53. The summed E-state index contributed by atoms with van der Waals surface area (Å²) in [6.07, 6.45) is 2.83. The second-order valence-electron chi connectivity index (χ2n) is 3.94. The highest BCUT2D eigenvalue weighted by atomic mass is 16.4. The molecule has 16 heavy (non-hydrogen) atoms. The monoisotopic (exact) mass is 222 g/mol. The lowest BCUT2D eigenvalue weighted by molar-refractivity contribution is -0.138. The van der Waals surface area contributed by atoms with Gasteiger partial charge in [0, 0.05) is 30.5 Å². The van der Waals surface area contributed by atoms with Gasteiger partial charge < -0.3 is 10.4 Å². The Morgan fingerprint density at radius 1 is 1.62 bits per heavy atom. The zero-order valence-electron chi connectivity index (χ0n) is 9.73. The van der Waals surface area contributed by atoms with Crippen LogP contribution in [0, 0.1) is 12.8 Å². The van der Waals surface area contributed by atoms with Crippen LogP contribution in [0.5, 0.6) is 0 Å². The molecule has 0 amide bonds. The molecule has 2 N–H and O–H groups in total. The van der Waals surface area contributed by atoms with E-state index in [9.17, 15) is 4.79 Å². The highest BCUT2D eigenvalue weighted by molar-refractivity contribution is 5.67. The average Bonchev–Trinajstić information content (AvgIpc) is 2.24. The highest BCUT2D eigenvalue weighted by Gasteiger charge is 2.10. The summed E-state index contributed by atoms with van der Waals surface area (Å²) < 4.78 is 0. The first-order valence-corrected chi connectivity index (χ1v) is 5.50. The van der Waals surface area contributed by atoms with E-state index in [2.05, 4.69) is 10.3 Å². The molecule has 1 aromatic rings. The lowest BCUT2D eigenvalue weighted by Gasteiger charge is -2.14. The molecule has 0 saturated heterocycles. The van der Waals surface area contributed by atoms with Crippen molar-refractivity contribution in [2.75, 3.05) is 11.9 Å². The van der Waals surface area contributed by atoms with Gasteiger partial charge in [-0.05, 0) is 25.0 Å². The molecule has 0 radical (unpaired) electrons. The second kappa shape index (κ2) is 6.10. The van der Waals surface area contributed by atoms with Gasteiger partial charge in [-0.15, -0.1) is 0 Å². The van der Waals surface area contributed by atoms with Gasteiger partial charge in [-0.2, -0.15) is 0 Å². The Bertz CT molecular complexity index is 353. The van der Waals surface area contributed by atoms with Crippen molar-refractivity contribution in [2.24, 2.45) is 5.92 Å². The van der Waals surface area contributed by atoms with Crippen molar-refractivity contribution in [3.8, 4) is 0 Å². The van der Waals surface area contributed by atoms with Crippen LogP contribution in [0.15, 0.2) is 18.3 Å². The molecule has 1 aromatic heterocycles. The van der Waals surface area contributed by atoms with Gasteiger partial charge in [-0.3, -0.25) is 9.78 Å². The van der Waals surface area contributed by atoms with E-state index in [-0.39, 0.29) is 12.3 Å². The first-order valence-electron chi connectivity index (χ1n) is 5.50. The van der Waals surface area contributed by atoms with Crippen molar-refractivity contribution < 1.29 is 9.90 Å². The predicted molar refractivity (Wildman–Crippen MR) is 63.5 cm³/mol. The van der Waals surface area contributed by atoms with Crippen LogP contribution in [0.3, 0.4) is 0 Å². The molecule has 0 aromatic carbocycles. The number of carbonyl (C=O) groups is 1. The number of hydrogen-bond acceptors (Lipinski definition) is 3. The van der Waals surface area contributed by atoms with Crippen molar-refractivity contribution in [3.05, 3.63) is 24.0 Å². The average molecular weight is 222 g/mol. The van der Waals surface area contributed by atoms with E-state index < -0.39 is 5.97 Å². The lowest BCUT2D eigenvalue weighted by atomic mass is 10.0. The van der Waals surface area contributed by atoms with E-state index in [4.69, 9.17) is 5.11 Å². The number of carboxylic acid groups (broad SMARTS) is 1. The molecule has 1 heterocycles. The van der Waals surface area contributed by atoms with Crippen LogP contribution < -0.4 is 5.32 Å². The maximum absolute atomic E-state index is 10.6. The molecule has 88 valence electrons. The van der Waals surface area contributed by atoms with Crippen LogP contribution in [0.25, 0.3) is 0 Å². The van der Waals surface area contributed by atoms with Gasteiger partial charge in [0.25, 0.3) is 0 Å². The number of aryl methyl sites for hydroxylation is 1. The van der Waals surface area contributed by atoms with Gasteiger partial charge in [0.15, 0.2) is 0 Å². The summed E-state index contributed by atoms with van der Waals surface area (Å²) in [7, 11) is 0. The molecular formula is C12H18N2O2. The van der Waals surface area contributed by atoms with Crippen LogP contribution in [0.1, 0.15) is 25.5 Å². The summed E-state index contributed by atoms with van der Waals surface area (Å²) in [5.41, 5.74) is 1.95. The minimum Gasteiger partial charge on any atom is -0.481 e. The molecule has 0 aliphatic heterocycles. The Labute approximate surface area is 95.7 Å². The quantitative estimate of drug-likeness (QED) is 0.775. The van der Waals surface area contributed by atoms with E-state index in [1.807, 2.05) is 26.0 Å². The number of hydrogen-bond donors (Lipinski definition) is 2. The third-order valence-corrected chi connectivity index (χ3v) is 2.53. The molecule has 1 atom stereocenters. The van der Waals surface area contributed by atoms with E-state index in [1.54, 1.807) is 6.20 Å². The Morgan fingerprint density at radius 3 is 2.94 bits per heavy atom. The van der Waals surface area contributed by atoms with Crippen molar-refractivity contribution >= 4 is 11.7 Å². The van der Waals surface area contributed by atoms with E-state index >= 15 is 0 Å². The summed E-state index contributed by atoms with van der Waals surface area (Å²) in [5.74, 6) is -0.564. The summed E-state index contributed by atoms with van der Waals surface area (Å²) in [4.78, 5) is 14.7. The minimum absolute atomic E-state index is 0.172. The Balaban J connectivity index is 2.46. The summed E-state index contributed by atoms with van der Waals surface area (Å²) in [6.45, 7) is 4.62. The zero-order chi connectivity index (χ0) is 12.0. The second-order valence-corrected chi connectivity index (χ2v) is 3.94. The number of aromatic nitrogens is 1. The molecule has 0 saturated carbocycles. The number of rotatable bonds is 6. The largest absolute Gasteiger partial charge is 0.481 e. The molecule has 0 bridgehead atoms. The number of anilines is 1. The third-order valence-electron chi connectivity index (χ3n) is 2.53. The fraction of sp³-hybridized carbons (Fsp3) is 0.500. The highest BCUT2D eigenvalue weighted by Crippen LogP contribution is 2.12. The maximum Gasteiger partial charge on any atom is 0.303 e. The van der Waals surface area contributed by atoms with Crippen molar-refractivity contribution in [2.45, 2.75) is 26.7 Å². The Hall–Kier alpha value is -1.58. The summed E-state index contributed by atoms with van der Waals surface area (Å²) in [5, 5.41) is 12.0. The molecule has 0 fully saturated rings. The predicted octanol–water partition coefficient (Wildman–Crippen LogP) is 2.30. The number of carboxylic acids is 1.